The van der Waals surface area contributed by atoms with Crippen molar-refractivity contribution in [1.29, 1.82) is 0 Å². The number of hydrogen-bond acceptors (Lipinski definition) is 5. The molecule has 0 bridgehead atoms. The molecule has 0 spiro atoms. The van der Waals surface area contributed by atoms with Gasteiger partial charge in [0.15, 0.2) is 0 Å². The molecule has 0 saturated heterocycles. The van der Waals surface area contributed by atoms with Crippen LogP contribution in [0.3, 0.4) is 0 Å². The smallest absolute Gasteiger partial charge is 0.352 e. The number of rotatable bonds is 7. The average molecular weight is 422 g/mol. The van der Waals surface area contributed by atoms with Gasteiger partial charge in [-0.25, -0.2) is 4.79 Å². The number of methoxy groups -OCH3 is 1. The Balaban J connectivity index is 2.15. The lowest BCUT2D eigenvalue weighted by molar-refractivity contribution is 0.0927. The van der Waals surface area contributed by atoms with Crippen LogP contribution >= 0.6 is 0 Å². The van der Waals surface area contributed by atoms with E-state index in [1.165, 1.54) is 7.11 Å². The standard InChI is InChI=1S/C23H26N4O4/c1-15-5-8-18(9-6-15)14-26-22(29)20(21(28)24-11-12-31-4)25-27(23(26)30)19-10-7-16(2)17(3)13-19/h5-10,13H,11-12,14H2,1-4H3,(H,24,28). The molecule has 0 fully saturated rings. The van der Waals surface area contributed by atoms with Crippen LogP contribution in [0.25, 0.3) is 5.69 Å². The highest BCUT2D eigenvalue weighted by Gasteiger charge is 2.20. The molecule has 1 N–H and O–H groups in total. The summed E-state index contributed by atoms with van der Waals surface area (Å²) in [5, 5.41) is 6.73. The van der Waals surface area contributed by atoms with Crippen LogP contribution in [-0.4, -0.2) is 40.5 Å². The zero-order chi connectivity index (χ0) is 22.5. The van der Waals surface area contributed by atoms with Crippen LogP contribution in [0.2, 0.25) is 0 Å². The topological polar surface area (TPSA) is 95.2 Å². The SMILES string of the molecule is COCCNC(=O)c1nn(-c2ccc(C)c(C)c2)c(=O)n(Cc2ccc(C)cc2)c1=O. The van der Waals surface area contributed by atoms with E-state index in [9.17, 15) is 14.4 Å². The third-order valence-corrected chi connectivity index (χ3v) is 5.06. The van der Waals surface area contributed by atoms with E-state index in [-0.39, 0.29) is 18.8 Å². The number of carbonyl (C=O) groups is 1. The summed E-state index contributed by atoms with van der Waals surface area (Å²) in [5.74, 6) is -0.655. The number of amides is 1. The summed E-state index contributed by atoms with van der Waals surface area (Å²) in [7, 11) is 1.51. The summed E-state index contributed by atoms with van der Waals surface area (Å²) in [5.41, 5.74) is 2.65. The van der Waals surface area contributed by atoms with Crippen molar-refractivity contribution in [2.24, 2.45) is 0 Å². The number of nitrogens with one attached hydrogen (secondary N) is 1. The zero-order valence-corrected chi connectivity index (χ0v) is 18.1. The van der Waals surface area contributed by atoms with Gasteiger partial charge in [0.1, 0.15) is 0 Å². The van der Waals surface area contributed by atoms with E-state index in [0.29, 0.717) is 12.3 Å². The van der Waals surface area contributed by atoms with E-state index in [0.717, 1.165) is 31.5 Å². The minimum atomic E-state index is -0.736. The Bertz CT molecular complexity index is 1210. The van der Waals surface area contributed by atoms with Gasteiger partial charge in [0.25, 0.3) is 11.5 Å². The van der Waals surface area contributed by atoms with Gasteiger partial charge in [-0.15, -0.1) is 0 Å². The molecule has 31 heavy (non-hydrogen) atoms. The zero-order valence-electron chi connectivity index (χ0n) is 18.1. The maximum absolute atomic E-state index is 13.2. The third-order valence-electron chi connectivity index (χ3n) is 5.06. The van der Waals surface area contributed by atoms with E-state index < -0.39 is 17.2 Å². The Labute approximate surface area is 180 Å². The molecular weight excluding hydrogens is 396 g/mol. The first kappa shape index (κ1) is 22.2. The molecule has 0 saturated carbocycles. The van der Waals surface area contributed by atoms with Crippen LogP contribution in [0.1, 0.15) is 32.7 Å². The molecule has 0 radical (unpaired) electrons. The maximum atomic E-state index is 13.2. The predicted octanol–water partition coefficient (Wildman–Crippen LogP) is 1.74. The number of nitrogens with zero attached hydrogens (tertiary/aromatic N) is 3. The second-order valence-electron chi connectivity index (χ2n) is 7.44. The normalized spacial score (nSPS) is 10.8. The van der Waals surface area contributed by atoms with Gasteiger partial charge < -0.3 is 10.1 Å². The van der Waals surface area contributed by atoms with E-state index >= 15 is 0 Å². The Morgan fingerprint density at radius 2 is 1.74 bits per heavy atom. The average Bonchev–Trinajstić information content (AvgIpc) is 2.75. The molecule has 8 nitrogen and oxygen atoms in total. The Morgan fingerprint density at radius 3 is 2.39 bits per heavy atom. The quantitative estimate of drug-likeness (QED) is 0.586. The third kappa shape index (κ3) is 4.97. The fourth-order valence-corrected chi connectivity index (χ4v) is 3.05. The minimum absolute atomic E-state index is 0.0314. The minimum Gasteiger partial charge on any atom is -0.383 e. The summed E-state index contributed by atoms with van der Waals surface area (Å²) in [6.45, 7) is 6.38. The number of carbonyl (C=O) groups excluding carboxylic acids is 1. The van der Waals surface area contributed by atoms with E-state index in [2.05, 4.69) is 10.4 Å². The first-order chi connectivity index (χ1) is 14.8. The highest BCUT2D eigenvalue weighted by Crippen LogP contribution is 2.12. The number of aromatic nitrogens is 3. The highest BCUT2D eigenvalue weighted by atomic mass is 16.5. The molecule has 0 unspecified atom stereocenters. The Kier molecular flexibility index (Phi) is 6.81. The lowest BCUT2D eigenvalue weighted by atomic mass is 10.1. The van der Waals surface area contributed by atoms with Gasteiger partial charge >= 0.3 is 5.69 Å². The molecule has 1 amide bonds. The van der Waals surface area contributed by atoms with Crippen molar-refractivity contribution in [3.05, 3.63) is 91.3 Å². The van der Waals surface area contributed by atoms with Crippen LogP contribution < -0.4 is 16.6 Å². The molecule has 1 heterocycles. The molecule has 3 rings (SSSR count). The molecule has 3 aromatic rings. The number of ether oxygens (including phenoxy) is 1. The fourth-order valence-electron chi connectivity index (χ4n) is 3.05. The fraction of sp³-hybridized carbons (Fsp3) is 0.304. The summed E-state index contributed by atoms with van der Waals surface area (Å²) in [6.07, 6.45) is 0. The summed E-state index contributed by atoms with van der Waals surface area (Å²) in [6, 6.07) is 12.9. The lowest BCUT2D eigenvalue weighted by Crippen LogP contribution is -2.46. The Morgan fingerprint density at radius 1 is 1.03 bits per heavy atom. The van der Waals surface area contributed by atoms with E-state index in [1.54, 1.807) is 12.1 Å². The van der Waals surface area contributed by atoms with Gasteiger partial charge in [-0.3, -0.25) is 14.2 Å². The second-order valence-corrected chi connectivity index (χ2v) is 7.44. The molecule has 0 atom stereocenters. The van der Waals surface area contributed by atoms with Gasteiger partial charge in [0, 0.05) is 13.7 Å². The highest BCUT2D eigenvalue weighted by molar-refractivity contribution is 5.91. The van der Waals surface area contributed by atoms with Gasteiger partial charge in [-0.1, -0.05) is 35.9 Å². The molecule has 1 aromatic heterocycles. The Hall–Kier alpha value is -3.52. The molecule has 0 aliphatic heterocycles. The first-order valence-electron chi connectivity index (χ1n) is 9.96. The second kappa shape index (κ2) is 9.53. The number of hydrogen-bond donors (Lipinski definition) is 1. The van der Waals surface area contributed by atoms with Gasteiger partial charge in [0.05, 0.1) is 18.8 Å². The van der Waals surface area contributed by atoms with Gasteiger partial charge in [-0.05, 0) is 49.6 Å². The van der Waals surface area contributed by atoms with Crippen molar-refractivity contribution in [3.63, 3.8) is 0 Å². The van der Waals surface area contributed by atoms with Gasteiger partial charge in [0.2, 0.25) is 5.69 Å². The monoisotopic (exact) mass is 422 g/mol. The summed E-state index contributed by atoms with van der Waals surface area (Å²) >= 11 is 0. The van der Waals surface area contributed by atoms with Crippen LogP contribution in [0, 0.1) is 20.8 Å². The maximum Gasteiger partial charge on any atom is 0.352 e. The largest absolute Gasteiger partial charge is 0.383 e. The van der Waals surface area contributed by atoms with Crippen LogP contribution in [0.4, 0.5) is 0 Å². The van der Waals surface area contributed by atoms with Crippen molar-refractivity contribution in [3.8, 4) is 5.69 Å². The lowest BCUT2D eigenvalue weighted by Gasteiger charge is -2.13. The predicted molar refractivity (Wildman–Crippen MR) is 118 cm³/mol. The van der Waals surface area contributed by atoms with Crippen LogP contribution in [0.5, 0.6) is 0 Å². The molecule has 162 valence electrons. The number of aryl methyl sites for hydroxylation is 3. The molecule has 8 heteroatoms. The molecular formula is C23H26N4O4. The van der Waals surface area contributed by atoms with Crippen molar-refractivity contribution in [2.75, 3.05) is 20.3 Å². The van der Waals surface area contributed by atoms with Crippen molar-refractivity contribution in [2.45, 2.75) is 27.3 Å². The van der Waals surface area contributed by atoms with Crippen molar-refractivity contribution in [1.82, 2.24) is 19.7 Å². The molecule has 0 aliphatic carbocycles. The van der Waals surface area contributed by atoms with Gasteiger partial charge in [-0.2, -0.15) is 9.78 Å². The van der Waals surface area contributed by atoms with Crippen molar-refractivity contribution >= 4 is 5.91 Å². The molecule has 0 aliphatic rings. The van der Waals surface area contributed by atoms with Crippen LogP contribution in [-0.2, 0) is 11.3 Å². The summed E-state index contributed by atoms with van der Waals surface area (Å²) < 4.78 is 7.08. The molecule has 2 aromatic carbocycles. The van der Waals surface area contributed by atoms with E-state index in [1.807, 2.05) is 51.1 Å². The number of benzene rings is 2. The van der Waals surface area contributed by atoms with Crippen LogP contribution in [0.15, 0.2) is 52.1 Å². The summed E-state index contributed by atoms with van der Waals surface area (Å²) in [4.78, 5) is 38.9. The first-order valence-corrected chi connectivity index (χ1v) is 9.96. The van der Waals surface area contributed by atoms with Crippen molar-refractivity contribution < 1.29 is 9.53 Å². The van der Waals surface area contributed by atoms with E-state index in [4.69, 9.17) is 4.74 Å².